The molecule has 0 amide bonds. The molecule has 0 atom stereocenters. The van der Waals surface area contributed by atoms with Crippen molar-refractivity contribution in [3.8, 4) is 22.8 Å². The van der Waals surface area contributed by atoms with Crippen molar-refractivity contribution >= 4 is 43.9 Å². The Kier molecular flexibility index (Phi) is 4.70. The fourth-order valence-corrected chi connectivity index (χ4v) is 5.82. The van der Waals surface area contributed by atoms with Crippen LogP contribution in [0.1, 0.15) is 5.56 Å². The van der Waals surface area contributed by atoms with Crippen LogP contribution in [0.25, 0.3) is 66.6 Å². The van der Waals surface area contributed by atoms with Gasteiger partial charge in [0.25, 0.3) is 0 Å². The summed E-state index contributed by atoms with van der Waals surface area (Å²) in [6, 6.07) is 44.6. The SMILES string of the molecule is Cc1cccc(-n2c3ccccc3c3ccc(-n4c5ccccc5c5ccc(-c6ccccc6)nc54)nc32)c1. The number of hydrogen-bond donors (Lipinski definition) is 0. The molecule has 0 unspecified atom stereocenters. The van der Waals surface area contributed by atoms with Gasteiger partial charge >= 0.3 is 0 Å². The summed E-state index contributed by atoms with van der Waals surface area (Å²) in [7, 11) is 0. The first-order valence-electron chi connectivity index (χ1n) is 13.2. The third-order valence-corrected chi connectivity index (χ3v) is 7.59. The van der Waals surface area contributed by atoms with E-state index in [0.717, 1.165) is 55.9 Å². The van der Waals surface area contributed by atoms with E-state index in [2.05, 4.69) is 137 Å². The summed E-state index contributed by atoms with van der Waals surface area (Å²) in [5.41, 5.74) is 8.45. The van der Waals surface area contributed by atoms with Gasteiger partial charge in [-0.1, -0.05) is 78.9 Å². The molecule has 0 bridgehead atoms. The van der Waals surface area contributed by atoms with Crippen LogP contribution < -0.4 is 0 Å². The molecule has 0 saturated carbocycles. The molecule has 8 aromatic rings. The Bertz CT molecular complexity index is 2180. The highest BCUT2D eigenvalue weighted by Crippen LogP contribution is 2.35. The standard InChI is InChI=1S/C35H24N4/c1-23-10-9-13-25(22-23)38-31-16-7-5-14-26(31)29-19-21-33(37-35(29)38)39-32-17-8-6-15-27(32)28-18-20-30(36-34(28)39)24-11-3-2-4-12-24/h2-22H,1H3. The van der Waals surface area contributed by atoms with Gasteiger partial charge in [0.15, 0.2) is 0 Å². The van der Waals surface area contributed by atoms with Crippen LogP contribution in [0.5, 0.6) is 0 Å². The smallest absolute Gasteiger partial charge is 0.148 e. The van der Waals surface area contributed by atoms with Gasteiger partial charge in [0.1, 0.15) is 17.1 Å². The number of rotatable bonds is 3. The molecule has 0 aliphatic heterocycles. The summed E-state index contributed by atoms with van der Waals surface area (Å²) >= 11 is 0. The van der Waals surface area contributed by atoms with Crippen LogP contribution in [-0.4, -0.2) is 19.1 Å². The average Bonchev–Trinajstić information content (AvgIpc) is 3.49. The van der Waals surface area contributed by atoms with Gasteiger partial charge in [-0.3, -0.25) is 9.13 Å². The molecule has 39 heavy (non-hydrogen) atoms. The van der Waals surface area contributed by atoms with Crippen molar-refractivity contribution < 1.29 is 0 Å². The molecule has 0 N–H and O–H groups in total. The molecule has 4 nitrogen and oxygen atoms in total. The van der Waals surface area contributed by atoms with Crippen LogP contribution >= 0.6 is 0 Å². The highest BCUT2D eigenvalue weighted by Gasteiger charge is 2.18. The molecule has 4 aromatic heterocycles. The monoisotopic (exact) mass is 500 g/mol. The molecule has 4 heteroatoms. The molecule has 4 heterocycles. The van der Waals surface area contributed by atoms with Crippen molar-refractivity contribution in [2.24, 2.45) is 0 Å². The number of aryl methyl sites for hydroxylation is 1. The van der Waals surface area contributed by atoms with Crippen molar-refractivity contribution in [3.63, 3.8) is 0 Å². The number of aromatic nitrogens is 4. The predicted molar refractivity (Wildman–Crippen MR) is 161 cm³/mol. The lowest BCUT2D eigenvalue weighted by atomic mass is 10.1. The van der Waals surface area contributed by atoms with E-state index >= 15 is 0 Å². The van der Waals surface area contributed by atoms with Crippen molar-refractivity contribution in [3.05, 3.63) is 133 Å². The molecule has 0 aliphatic carbocycles. The van der Waals surface area contributed by atoms with Gasteiger partial charge in [0.2, 0.25) is 0 Å². The lowest BCUT2D eigenvalue weighted by molar-refractivity contribution is 1.05. The largest absolute Gasteiger partial charge is 0.294 e. The Hall–Kier alpha value is -5.22. The Balaban J connectivity index is 1.46. The van der Waals surface area contributed by atoms with Gasteiger partial charge in [-0.25, -0.2) is 9.97 Å². The molecule has 0 saturated heterocycles. The molecule has 8 rings (SSSR count). The van der Waals surface area contributed by atoms with Gasteiger partial charge in [-0.05, 0) is 61.0 Å². The van der Waals surface area contributed by atoms with Crippen LogP contribution in [0.15, 0.2) is 127 Å². The lowest BCUT2D eigenvalue weighted by Gasteiger charge is -2.10. The van der Waals surface area contributed by atoms with Gasteiger partial charge in [-0.15, -0.1) is 0 Å². The first kappa shape index (κ1) is 21.8. The minimum Gasteiger partial charge on any atom is -0.294 e. The molecule has 0 radical (unpaired) electrons. The summed E-state index contributed by atoms with van der Waals surface area (Å²) in [4.78, 5) is 10.5. The van der Waals surface area contributed by atoms with E-state index in [1.807, 2.05) is 6.07 Å². The molecule has 184 valence electrons. The summed E-state index contributed by atoms with van der Waals surface area (Å²) < 4.78 is 4.48. The highest BCUT2D eigenvalue weighted by atomic mass is 15.1. The van der Waals surface area contributed by atoms with E-state index < -0.39 is 0 Å². The second-order valence-electron chi connectivity index (χ2n) is 10.0. The van der Waals surface area contributed by atoms with Crippen LogP contribution in [0, 0.1) is 6.92 Å². The normalized spacial score (nSPS) is 11.7. The number of nitrogens with zero attached hydrogens (tertiary/aromatic N) is 4. The van der Waals surface area contributed by atoms with Gasteiger partial charge in [0, 0.05) is 32.8 Å². The Labute approximate surface area is 225 Å². The summed E-state index contributed by atoms with van der Waals surface area (Å²) in [6.07, 6.45) is 0. The summed E-state index contributed by atoms with van der Waals surface area (Å²) in [5.74, 6) is 0.850. The Morgan fingerprint density at radius 1 is 0.487 bits per heavy atom. The van der Waals surface area contributed by atoms with Crippen LogP contribution in [0.3, 0.4) is 0 Å². The average molecular weight is 501 g/mol. The number of pyridine rings is 2. The maximum atomic E-state index is 5.35. The fraction of sp³-hybridized carbons (Fsp3) is 0.0286. The Morgan fingerprint density at radius 3 is 1.87 bits per heavy atom. The second-order valence-corrected chi connectivity index (χ2v) is 10.0. The number of benzene rings is 4. The van der Waals surface area contributed by atoms with Gasteiger partial charge < -0.3 is 0 Å². The number of fused-ring (bicyclic) bond motifs is 6. The van der Waals surface area contributed by atoms with Gasteiger partial charge in [-0.2, -0.15) is 0 Å². The van der Waals surface area contributed by atoms with E-state index in [4.69, 9.17) is 9.97 Å². The Morgan fingerprint density at radius 2 is 1.13 bits per heavy atom. The zero-order valence-electron chi connectivity index (χ0n) is 21.4. The molecule has 0 spiro atoms. The fourth-order valence-electron chi connectivity index (χ4n) is 5.82. The maximum absolute atomic E-state index is 5.35. The highest BCUT2D eigenvalue weighted by molar-refractivity contribution is 6.10. The molecule has 0 fully saturated rings. The number of para-hydroxylation sites is 2. The molecule has 4 aromatic carbocycles. The van der Waals surface area contributed by atoms with Crippen LogP contribution in [0.4, 0.5) is 0 Å². The predicted octanol–water partition coefficient (Wildman–Crippen LogP) is 8.65. The zero-order valence-corrected chi connectivity index (χ0v) is 21.4. The lowest BCUT2D eigenvalue weighted by Crippen LogP contribution is -2.02. The van der Waals surface area contributed by atoms with Gasteiger partial charge in [0.05, 0.1) is 16.7 Å². The minimum atomic E-state index is 0.850. The summed E-state index contributed by atoms with van der Waals surface area (Å²) in [5, 5.41) is 4.61. The third kappa shape index (κ3) is 3.32. The topological polar surface area (TPSA) is 35.6 Å². The van der Waals surface area contributed by atoms with E-state index in [1.165, 1.54) is 16.3 Å². The van der Waals surface area contributed by atoms with Crippen LogP contribution in [0.2, 0.25) is 0 Å². The van der Waals surface area contributed by atoms with E-state index in [0.29, 0.717) is 0 Å². The molecule has 0 aliphatic rings. The first-order chi connectivity index (χ1) is 19.3. The first-order valence-corrected chi connectivity index (χ1v) is 13.2. The van der Waals surface area contributed by atoms with Crippen molar-refractivity contribution in [2.75, 3.05) is 0 Å². The minimum absolute atomic E-state index is 0.850. The molecular weight excluding hydrogens is 476 g/mol. The van der Waals surface area contributed by atoms with E-state index in [1.54, 1.807) is 0 Å². The third-order valence-electron chi connectivity index (χ3n) is 7.59. The maximum Gasteiger partial charge on any atom is 0.148 e. The van der Waals surface area contributed by atoms with Crippen LogP contribution in [-0.2, 0) is 0 Å². The quantitative estimate of drug-likeness (QED) is 0.243. The van der Waals surface area contributed by atoms with Crippen molar-refractivity contribution in [2.45, 2.75) is 6.92 Å². The summed E-state index contributed by atoms with van der Waals surface area (Å²) in [6.45, 7) is 2.13. The van der Waals surface area contributed by atoms with E-state index in [9.17, 15) is 0 Å². The van der Waals surface area contributed by atoms with Crippen molar-refractivity contribution in [1.82, 2.24) is 19.1 Å². The molecular formula is C35H24N4. The zero-order chi connectivity index (χ0) is 25.9. The second kappa shape index (κ2) is 8.40. The number of hydrogen-bond acceptors (Lipinski definition) is 2. The van der Waals surface area contributed by atoms with Crippen molar-refractivity contribution in [1.29, 1.82) is 0 Å². The van der Waals surface area contributed by atoms with E-state index in [-0.39, 0.29) is 0 Å².